The summed E-state index contributed by atoms with van der Waals surface area (Å²) in [6.07, 6.45) is -0.558. The van der Waals surface area contributed by atoms with Crippen LogP contribution in [0.5, 0.6) is 0 Å². The van der Waals surface area contributed by atoms with Gasteiger partial charge in [0.1, 0.15) is 5.82 Å². The van der Waals surface area contributed by atoms with Gasteiger partial charge in [-0.05, 0) is 6.92 Å². The Morgan fingerprint density at radius 3 is 2.56 bits per heavy atom. The van der Waals surface area contributed by atoms with Crippen LogP contribution in [0.1, 0.15) is 43.1 Å². The quantitative estimate of drug-likeness (QED) is 0.777. The van der Waals surface area contributed by atoms with Crippen molar-refractivity contribution in [3.8, 4) is 0 Å². The number of nitrogens with one attached hydrogen (secondary N) is 1. The number of rotatable bonds is 4. The van der Waals surface area contributed by atoms with E-state index in [2.05, 4.69) is 15.2 Å². The molecule has 0 aliphatic rings. The first-order valence-corrected chi connectivity index (χ1v) is 5.27. The number of aliphatic hydroxyl groups excluding tert-OH is 1. The summed E-state index contributed by atoms with van der Waals surface area (Å²) in [6.45, 7) is 5.83. The standard InChI is InChI=1S/C10H18N4O2/c1-6(2)8-11-9(13-12-8)10(16)14(4)5-7(3)15/h6-7,15H,5H2,1-4H3,(H,11,12,13). The first kappa shape index (κ1) is 12.6. The van der Waals surface area contributed by atoms with Gasteiger partial charge in [-0.3, -0.25) is 9.89 Å². The van der Waals surface area contributed by atoms with Gasteiger partial charge in [0.2, 0.25) is 5.82 Å². The zero-order valence-corrected chi connectivity index (χ0v) is 10.1. The van der Waals surface area contributed by atoms with Crippen LogP contribution in [0.2, 0.25) is 0 Å². The van der Waals surface area contributed by atoms with E-state index in [0.29, 0.717) is 5.82 Å². The number of likely N-dealkylation sites (N-methyl/N-ethyl adjacent to an activating group) is 1. The van der Waals surface area contributed by atoms with E-state index in [1.54, 1.807) is 14.0 Å². The molecule has 1 aromatic rings. The van der Waals surface area contributed by atoms with Crippen molar-refractivity contribution in [2.75, 3.05) is 13.6 Å². The first-order valence-electron chi connectivity index (χ1n) is 5.27. The number of amides is 1. The molecule has 0 fully saturated rings. The van der Waals surface area contributed by atoms with Crippen LogP contribution in [-0.4, -0.2) is 50.8 Å². The number of carbonyl (C=O) groups is 1. The van der Waals surface area contributed by atoms with Crippen molar-refractivity contribution < 1.29 is 9.90 Å². The Morgan fingerprint density at radius 2 is 2.12 bits per heavy atom. The van der Waals surface area contributed by atoms with Crippen LogP contribution in [-0.2, 0) is 0 Å². The molecular weight excluding hydrogens is 208 g/mol. The van der Waals surface area contributed by atoms with Crippen molar-refractivity contribution in [3.63, 3.8) is 0 Å². The number of H-pyrrole nitrogens is 1. The highest BCUT2D eigenvalue weighted by Crippen LogP contribution is 2.08. The molecule has 16 heavy (non-hydrogen) atoms. The van der Waals surface area contributed by atoms with Gasteiger partial charge in [0.15, 0.2) is 0 Å². The van der Waals surface area contributed by atoms with Crippen LogP contribution in [0, 0.1) is 0 Å². The second-order valence-corrected chi connectivity index (χ2v) is 4.23. The summed E-state index contributed by atoms with van der Waals surface area (Å²) in [7, 11) is 1.61. The van der Waals surface area contributed by atoms with Gasteiger partial charge < -0.3 is 10.0 Å². The zero-order valence-electron chi connectivity index (χ0n) is 10.1. The van der Waals surface area contributed by atoms with E-state index in [1.807, 2.05) is 13.8 Å². The largest absolute Gasteiger partial charge is 0.392 e. The Labute approximate surface area is 94.7 Å². The molecule has 1 unspecified atom stereocenters. The first-order chi connectivity index (χ1) is 7.41. The van der Waals surface area contributed by atoms with Crippen LogP contribution >= 0.6 is 0 Å². The van der Waals surface area contributed by atoms with Gasteiger partial charge in [0.05, 0.1) is 6.10 Å². The van der Waals surface area contributed by atoms with E-state index in [4.69, 9.17) is 5.11 Å². The molecule has 1 heterocycles. The van der Waals surface area contributed by atoms with Crippen LogP contribution in [0.3, 0.4) is 0 Å². The van der Waals surface area contributed by atoms with Gasteiger partial charge in [-0.1, -0.05) is 13.8 Å². The van der Waals surface area contributed by atoms with Crippen LogP contribution in [0.15, 0.2) is 0 Å². The third kappa shape index (κ3) is 3.03. The average molecular weight is 226 g/mol. The maximum atomic E-state index is 11.8. The second-order valence-electron chi connectivity index (χ2n) is 4.23. The molecule has 0 spiro atoms. The second kappa shape index (κ2) is 5.07. The summed E-state index contributed by atoms with van der Waals surface area (Å²) >= 11 is 0. The smallest absolute Gasteiger partial charge is 0.293 e. The van der Waals surface area contributed by atoms with Gasteiger partial charge in [-0.25, -0.2) is 4.98 Å². The molecule has 6 heteroatoms. The highest BCUT2D eigenvalue weighted by Gasteiger charge is 2.18. The molecule has 6 nitrogen and oxygen atoms in total. The summed E-state index contributed by atoms with van der Waals surface area (Å²) < 4.78 is 0. The summed E-state index contributed by atoms with van der Waals surface area (Å²) in [5, 5.41) is 15.7. The molecule has 1 atom stereocenters. The Morgan fingerprint density at radius 1 is 1.50 bits per heavy atom. The molecular formula is C10H18N4O2. The van der Waals surface area contributed by atoms with E-state index in [0.717, 1.165) is 0 Å². The molecule has 0 saturated heterocycles. The molecule has 1 aromatic heterocycles. The summed E-state index contributed by atoms with van der Waals surface area (Å²) in [5.41, 5.74) is 0. The normalized spacial score (nSPS) is 12.9. The van der Waals surface area contributed by atoms with Crippen molar-refractivity contribution in [2.24, 2.45) is 0 Å². The number of aromatic amines is 1. The van der Waals surface area contributed by atoms with E-state index in [9.17, 15) is 4.79 Å². The Kier molecular flexibility index (Phi) is 4.00. The van der Waals surface area contributed by atoms with Crippen molar-refractivity contribution >= 4 is 5.91 Å². The number of hydrogen-bond donors (Lipinski definition) is 2. The van der Waals surface area contributed by atoms with E-state index >= 15 is 0 Å². The van der Waals surface area contributed by atoms with Crippen LogP contribution in [0.4, 0.5) is 0 Å². The Balaban J connectivity index is 2.72. The predicted molar refractivity (Wildman–Crippen MR) is 59.1 cm³/mol. The molecule has 0 aliphatic carbocycles. The Bertz CT molecular complexity index is 359. The monoisotopic (exact) mass is 226 g/mol. The lowest BCUT2D eigenvalue weighted by atomic mass is 10.2. The molecule has 0 aliphatic heterocycles. The average Bonchev–Trinajstić information content (AvgIpc) is 2.64. The molecule has 2 N–H and O–H groups in total. The third-order valence-corrected chi connectivity index (χ3v) is 2.13. The van der Waals surface area contributed by atoms with Gasteiger partial charge in [0, 0.05) is 19.5 Å². The fourth-order valence-electron chi connectivity index (χ4n) is 1.28. The van der Waals surface area contributed by atoms with Crippen LogP contribution in [0.25, 0.3) is 0 Å². The maximum absolute atomic E-state index is 11.8. The molecule has 0 radical (unpaired) electrons. The third-order valence-electron chi connectivity index (χ3n) is 2.13. The summed E-state index contributed by atoms with van der Waals surface area (Å²) in [6, 6.07) is 0. The minimum atomic E-state index is -0.558. The predicted octanol–water partition coefficient (Wildman–Crippen LogP) is 0.381. The maximum Gasteiger partial charge on any atom is 0.293 e. The summed E-state index contributed by atoms with van der Waals surface area (Å²) in [4.78, 5) is 17.3. The lowest BCUT2D eigenvalue weighted by molar-refractivity contribution is 0.0692. The Hall–Kier alpha value is -1.43. The fraction of sp³-hybridized carbons (Fsp3) is 0.700. The van der Waals surface area contributed by atoms with Gasteiger partial charge in [0.25, 0.3) is 5.91 Å². The summed E-state index contributed by atoms with van der Waals surface area (Å²) in [5.74, 6) is 0.751. The molecule has 1 amide bonds. The van der Waals surface area contributed by atoms with Gasteiger partial charge in [-0.15, -0.1) is 5.10 Å². The topological polar surface area (TPSA) is 82.1 Å². The lowest BCUT2D eigenvalue weighted by Crippen LogP contribution is -2.33. The van der Waals surface area contributed by atoms with E-state index < -0.39 is 6.10 Å². The zero-order chi connectivity index (χ0) is 12.3. The molecule has 1 rings (SSSR count). The SMILES string of the molecule is CC(O)CN(C)C(=O)c1n[nH]c(C(C)C)n1. The number of nitrogens with zero attached hydrogens (tertiary/aromatic N) is 3. The number of carbonyl (C=O) groups excluding carboxylic acids is 1. The minimum absolute atomic E-state index is 0.145. The minimum Gasteiger partial charge on any atom is -0.392 e. The van der Waals surface area contributed by atoms with Crippen molar-refractivity contribution in [1.29, 1.82) is 0 Å². The van der Waals surface area contributed by atoms with Gasteiger partial charge >= 0.3 is 0 Å². The van der Waals surface area contributed by atoms with Gasteiger partial charge in [-0.2, -0.15) is 0 Å². The molecule has 0 saturated carbocycles. The number of aliphatic hydroxyl groups is 1. The molecule has 0 bridgehead atoms. The van der Waals surface area contributed by atoms with Crippen molar-refractivity contribution in [1.82, 2.24) is 20.1 Å². The molecule has 0 aromatic carbocycles. The fourth-order valence-corrected chi connectivity index (χ4v) is 1.28. The highest BCUT2D eigenvalue weighted by atomic mass is 16.3. The van der Waals surface area contributed by atoms with Crippen LogP contribution < -0.4 is 0 Å². The van der Waals surface area contributed by atoms with Crippen molar-refractivity contribution in [3.05, 3.63) is 11.6 Å². The van der Waals surface area contributed by atoms with Crippen molar-refractivity contribution in [2.45, 2.75) is 32.8 Å². The highest BCUT2D eigenvalue weighted by molar-refractivity contribution is 5.90. The number of aromatic nitrogens is 3. The van der Waals surface area contributed by atoms with E-state index in [1.165, 1.54) is 4.90 Å². The number of hydrogen-bond acceptors (Lipinski definition) is 4. The molecule has 90 valence electrons. The lowest BCUT2D eigenvalue weighted by Gasteiger charge is -2.16. The van der Waals surface area contributed by atoms with E-state index in [-0.39, 0.29) is 24.2 Å².